The van der Waals surface area contributed by atoms with Gasteiger partial charge in [-0.15, -0.1) is 0 Å². The van der Waals surface area contributed by atoms with Gasteiger partial charge in [-0.05, 0) is 59.2 Å². The molecule has 167 valence electrons. The van der Waals surface area contributed by atoms with Crippen molar-refractivity contribution in [1.82, 2.24) is 0 Å². The van der Waals surface area contributed by atoms with Crippen LogP contribution in [0.1, 0.15) is 50.5 Å². The molecule has 0 spiro atoms. The maximum atomic E-state index is 15.3. The molecule has 1 saturated heterocycles. The van der Waals surface area contributed by atoms with Crippen molar-refractivity contribution >= 4 is 8.80 Å². The second-order valence-electron chi connectivity index (χ2n) is 8.90. The standard InChI is InChI=1S/C28H30F3Si/c1-2-3-6-15-32-16-13-20(14-17-32)21-9-11-25(27(30)18-21)24-8-5-4-7-23(24)22-10-12-26(29)28(31)19-22/h4-5,7-12,18-20H,2-3,6,13-17H2,1H3. The molecule has 0 N–H and O–H groups in total. The van der Waals surface area contributed by atoms with Crippen molar-refractivity contribution < 1.29 is 13.2 Å². The topological polar surface area (TPSA) is 0 Å². The molecule has 4 rings (SSSR count). The van der Waals surface area contributed by atoms with Gasteiger partial charge in [0.05, 0.1) is 0 Å². The molecule has 1 fully saturated rings. The van der Waals surface area contributed by atoms with Crippen LogP contribution >= 0.6 is 0 Å². The summed E-state index contributed by atoms with van der Waals surface area (Å²) in [4.78, 5) is 0. The second-order valence-corrected chi connectivity index (χ2v) is 11.9. The molecule has 1 radical (unpaired) electrons. The quantitative estimate of drug-likeness (QED) is 0.248. The monoisotopic (exact) mass is 451 g/mol. The lowest BCUT2D eigenvalue weighted by Gasteiger charge is -2.28. The smallest absolute Gasteiger partial charge is 0.159 e. The molecule has 0 amide bonds. The number of unbranched alkanes of at least 4 members (excludes halogenated alkanes) is 2. The van der Waals surface area contributed by atoms with Crippen molar-refractivity contribution in [3.05, 3.63) is 83.7 Å². The summed E-state index contributed by atoms with van der Waals surface area (Å²) in [5.41, 5.74) is 3.50. The summed E-state index contributed by atoms with van der Waals surface area (Å²) in [6, 6.07) is 20.8. The van der Waals surface area contributed by atoms with Gasteiger partial charge in [-0.1, -0.05) is 86.8 Å². The molecule has 0 aromatic heterocycles. The summed E-state index contributed by atoms with van der Waals surface area (Å²) >= 11 is 0. The first kappa shape index (κ1) is 22.8. The SMILES string of the molecule is CCCCC[Si]1CCC(c2ccc(-c3ccccc3-c3ccc(F)c(F)c3)c(F)c2)CC1. The molecule has 0 atom stereocenters. The lowest BCUT2D eigenvalue weighted by atomic mass is 9.89. The van der Waals surface area contributed by atoms with Crippen molar-refractivity contribution in [3.8, 4) is 22.3 Å². The van der Waals surface area contributed by atoms with E-state index in [1.165, 1.54) is 62.4 Å². The maximum absolute atomic E-state index is 15.3. The molecule has 1 heterocycles. The fraction of sp³-hybridized carbons (Fsp3) is 0.357. The first-order chi connectivity index (χ1) is 15.6. The Hall–Kier alpha value is -2.33. The van der Waals surface area contributed by atoms with Crippen molar-refractivity contribution in [3.63, 3.8) is 0 Å². The fourth-order valence-corrected chi connectivity index (χ4v) is 7.88. The van der Waals surface area contributed by atoms with Crippen LogP contribution in [-0.2, 0) is 0 Å². The van der Waals surface area contributed by atoms with Crippen molar-refractivity contribution in [2.75, 3.05) is 0 Å². The maximum Gasteiger partial charge on any atom is 0.159 e. The second kappa shape index (κ2) is 10.5. The Morgan fingerprint density at radius 1 is 0.750 bits per heavy atom. The predicted octanol–water partition coefficient (Wildman–Crippen LogP) is 9.00. The van der Waals surface area contributed by atoms with Crippen LogP contribution in [0.3, 0.4) is 0 Å². The van der Waals surface area contributed by atoms with E-state index in [9.17, 15) is 8.78 Å². The first-order valence-corrected chi connectivity index (χ1v) is 13.9. The normalized spacial score (nSPS) is 15.2. The lowest BCUT2D eigenvalue weighted by molar-refractivity contribution is 0.509. The van der Waals surface area contributed by atoms with Crippen LogP contribution in [0.15, 0.2) is 60.7 Å². The number of halogens is 3. The summed E-state index contributed by atoms with van der Waals surface area (Å²) in [6.07, 6.45) is 6.34. The number of hydrogen-bond donors (Lipinski definition) is 0. The largest absolute Gasteiger partial charge is 0.206 e. The highest BCUT2D eigenvalue weighted by Gasteiger charge is 2.24. The highest BCUT2D eigenvalue weighted by Crippen LogP contribution is 2.38. The van der Waals surface area contributed by atoms with Crippen LogP contribution in [0.2, 0.25) is 18.1 Å². The zero-order valence-corrected chi connectivity index (χ0v) is 19.6. The molecule has 1 aliphatic heterocycles. The average molecular weight is 452 g/mol. The fourth-order valence-electron chi connectivity index (χ4n) is 4.87. The molecule has 3 aromatic carbocycles. The van der Waals surface area contributed by atoms with Crippen LogP contribution in [0.25, 0.3) is 22.3 Å². The van der Waals surface area contributed by atoms with E-state index in [1.807, 2.05) is 30.3 Å². The summed E-state index contributed by atoms with van der Waals surface area (Å²) in [7, 11) is -0.214. The van der Waals surface area contributed by atoms with Gasteiger partial charge in [0.25, 0.3) is 0 Å². The van der Waals surface area contributed by atoms with Gasteiger partial charge < -0.3 is 0 Å². The minimum absolute atomic E-state index is 0.214. The number of hydrogen-bond acceptors (Lipinski definition) is 0. The minimum atomic E-state index is -0.902. The summed E-state index contributed by atoms with van der Waals surface area (Å²) < 4.78 is 42.5. The van der Waals surface area contributed by atoms with E-state index in [-0.39, 0.29) is 14.6 Å². The highest BCUT2D eigenvalue weighted by molar-refractivity contribution is 6.59. The zero-order valence-electron chi connectivity index (χ0n) is 18.6. The number of rotatable bonds is 7. The van der Waals surface area contributed by atoms with Crippen LogP contribution in [0, 0.1) is 17.5 Å². The summed E-state index contributed by atoms with van der Waals surface area (Å²) in [6.45, 7) is 2.25. The third kappa shape index (κ3) is 5.17. The van der Waals surface area contributed by atoms with Gasteiger partial charge in [-0.25, -0.2) is 13.2 Å². The van der Waals surface area contributed by atoms with Gasteiger partial charge in [0.2, 0.25) is 0 Å². The summed E-state index contributed by atoms with van der Waals surface area (Å²) in [5, 5.41) is 0. The third-order valence-electron chi connectivity index (χ3n) is 6.74. The third-order valence-corrected chi connectivity index (χ3v) is 9.79. The van der Waals surface area contributed by atoms with E-state index in [0.717, 1.165) is 11.6 Å². The average Bonchev–Trinajstić information content (AvgIpc) is 2.81. The summed E-state index contributed by atoms with van der Waals surface area (Å²) in [5.74, 6) is -1.60. The Morgan fingerprint density at radius 3 is 2.19 bits per heavy atom. The molecule has 4 heteroatoms. The van der Waals surface area contributed by atoms with Crippen molar-refractivity contribution in [1.29, 1.82) is 0 Å². The van der Waals surface area contributed by atoms with E-state index in [4.69, 9.17) is 0 Å². The number of benzene rings is 3. The molecule has 0 saturated carbocycles. The molecule has 1 aliphatic rings. The van der Waals surface area contributed by atoms with Crippen molar-refractivity contribution in [2.45, 2.75) is 63.1 Å². The predicted molar refractivity (Wildman–Crippen MR) is 129 cm³/mol. The van der Waals surface area contributed by atoms with Gasteiger partial charge >= 0.3 is 0 Å². The van der Waals surface area contributed by atoms with Gasteiger partial charge in [-0.2, -0.15) is 0 Å². The van der Waals surface area contributed by atoms with Crippen LogP contribution in [0.5, 0.6) is 0 Å². The van der Waals surface area contributed by atoms with Crippen LogP contribution < -0.4 is 0 Å². The zero-order chi connectivity index (χ0) is 22.5. The Bertz CT molecular complexity index is 1050. The van der Waals surface area contributed by atoms with Gasteiger partial charge in [0.1, 0.15) is 5.82 Å². The molecule has 0 bridgehead atoms. The lowest BCUT2D eigenvalue weighted by Crippen LogP contribution is -2.20. The molecule has 32 heavy (non-hydrogen) atoms. The molecular weight excluding hydrogens is 421 g/mol. The van der Waals surface area contributed by atoms with E-state index < -0.39 is 11.6 Å². The molecule has 0 nitrogen and oxygen atoms in total. The minimum Gasteiger partial charge on any atom is -0.206 e. The van der Waals surface area contributed by atoms with Gasteiger partial charge in [0.15, 0.2) is 11.6 Å². The van der Waals surface area contributed by atoms with E-state index in [1.54, 1.807) is 6.07 Å². The molecule has 3 aromatic rings. The van der Waals surface area contributed by atoms with E-state index in [0.29, 0.717) is 28.2 Å². The molecule has 0 unspecified atom stereocenters. The Kier molecular flexibility index (Phi) is 7.51. The Morgan fingerprint density at radius 2 is 1.50 bits per heavy atom. The van der Waals surface area contributed by atoms with Crippen LogP contribution in [-0.4, -0.2) is 8.80 Å². The Balaban J connectivity index is 1.53. The highest BCUT2D eigenvalue weighted by atomic mass is 28.3. The van der Waals surface area contributed by atoms with E-state index in [2.05, 4.69) is 13.0 Å². The molecule has 0 aliphatic carbocycles. The van der Waals surface area contributed by atoms with Crippen LogP contribution in [0.4, 0.5) is 13.2 Å². The first-order valence-electron chi connectivity index (χ1n) is 11.7. The Labute approximate surface area is 191 Å². The van der Waals surface area contributed by atoms with Crippen molar-refractivity contribution in [2.24, 2.45) is 0 Å². The molecular formula is C28H30F3Si. The van der Waals surface area contributed by atoms with Gasteiger partial charge in [0, 0.05) is 14.4 Å². The van der Waals surface area contributed by atoms with E-state index >= 15 is 4.39 Å². The van der Waals surface area contributed by atoms with Gasteiger partial charge in [-0.3, -0.25) is 0 Å².